The molecular weight excluding hydrogens is 350 g/mol. The first-order valence-corrected chi connectivity index (χ1v) is 7.50. The first-order valence-electron chi connectivity index (χ1n) is 7.50. The van der Waals surface area contributed by atoms with Crippen molar-refractivity contribution in [2.45, 2.75) is 19.6 Å². The van der Waals surface area contributed by atoms with E-state index in [1.54, 1.807) is 13.0 Å². The molecule has 0 fully saturated rings. The van der Waals surface area contributed by atoms with Crippen LogP contribution >= 0.6 is 0 Å². The Morgan fingerprint density at radius 3 is 2.54 bits per heavy atom. The molecule has 0 aromatic heterocycles. The number of nitro groups is 1. The molecular formula is C17H16F2N2O5. The third kappa shape index (κ3) is 4.65. The van der Waals surface area contributed by atoms with E-state index in [9.17, 15) is 23.7 Å². The Labute approximate surface area is 147 Å². The predicted molar refractivity (Wildman–Crippen MR) is 88.6 cm³/mol. The molecule has 2 aromatic carbocycles. The van der Waals surface area contributed by atoms with E-state index in [4.69, 9.17) is 4.74 Å². The van der Waals surface area contributed by atoms with Gasteiger partial charge in [0.1, 0.15) is 0 Å². The molecule has 0 saturated carbocycles. The summed E-state index contributed by atoms with van der Waals surface area (Å²) in [4.78, 5) is 22.7. The molecule has 0 aliphatic carbocycles. The van der Waals surface area contributed by atoms with Crippen molar-refractivity contribution in [1.82, 2.24) is 5.32 Å². The Balaban J connectivity index is 2.18. The topological polar surface area (TPSA) is 90.7 Å². The van der Waals surface area contributed by atoms with Gasteiger partial charge in [-0.2, -0.15) is 8.78 Å². The minimum atomic E-state index is -3.06. The number of halogens is 2. The maximum Gasteiger partial charge on any atom is 0.387 e. The van der Waals surface area contributed by atoms with Crippen molar-refractivity contribution in [3.05, 3.63) is 63.7 Å². The second-order valence-corrected chi connectivity index (χ2v) is 5.29. The van der Waals surface area contributed by atoms with Crippen molar-refractivity contribution in [2.24, 2.45) is 0 Å². The summed E-state index contributed by atoms with van der Waals surface area (Å²) in [6.45, 7) is -1.41. The van der Waals surface area contributed by atoms with Crippen LogP contribution in [0.4, 0.5) is 14.5 Å². The summed E-state index contributed by atoms with van der Waals surface area (Å²) in [5.41, 5.74) is 0.518. The van der Waals surface area contributed by atoms with Crippen LogP contribution in [-0.2, 0) is 0 Å². The molecule has 1 atom stereocenters. The Hall–Kier alpha value is -3.23. The van der Waals surface area contributed by atoms with Crippen LogP contribution in [0.2, 0.25) is 0 Å². The number of rotatable bonds is 7. The number of benzene rings is 2. The molecule has 0 bridgehead atoms. The van der Waals surface area contributed by atoms with Gasteiger partial charge in [-0.25, -0.2) is 0 Å². The number of methoxy groups -OCH3 is 1. The smallest absolute Gasteiger partial charge is 0.387 e. The molecule has 2 rings (SSSR count). The molecule has 138 valence electrons. The number of ether oxygens (including phenoxy) is 2. The normalized spacial score (nSPS) is 11.7. The molecule has 0 spiro atoms. The molecule has 0 heterocycles. The van der Waals surface area contributed by atoms with Crippen LogP contribution in [0.25, 0.3) is 0 Å². The lowest BCUT2D eigenvalue weighted by atomic mass is 10.1. The summed E-state index contributed by atoms with van der Waals surface area (Å²) in [6.07, 6.45) is 0. The van der Waals surface area contributed by atoms with Crippen molar-refractivity contribution in [2.75, 3.05) is 7.11 Å². The van der Waals surface area contributed by atoms with Crippen molar-refractivity contribution in [3.63, 3.8) is 0 Å². The first kappa shape index (κ1) is 19.1. The SMILES string of the molecule is COc1ccc(C(=O)NC(C)c2cccc([N+](=O)[O-])c2)cc1OC(F)F. The second kappa shape index (κ2) is 8.24. The lowest BCUT2D eigenvalue weighted by Gasteiger charge is -2.15. The number of non-ortho nitro benzene ring substituents is 1. The lowest BCUT2D eigenvalue weighted by Crippen LogP contribution is -2.26. The van der Waals surface area contributed by atoms with Gasteiger partial charge in [0, 0.05) is 17.7 Å². The summed E-state index contributed by atoms with van der Waals surface area (Å²) in [5.74, 6) is -0.752. The maximum atomic E-state index is 12.5. The average Bonchev–Trinajstić information content (AvgIpc) is 2.61. The number of hydrogen-bond acceptors (Lipinski definition) is 5. The highest BCUT2D eigenvalue weighted by Gasteiger charge is 2.17. The number of nitrogens with one attached hydrogen (secondary N) is 1. The Bertz CT molecular complexity index is 813. The highest BCUT2D eigenvalue weighted by atomic mass is 19.3. The van der Waals surface area contributed by atoms with Crippen molar-refractivity contribution < 1.29 is 28.0 Å². The number of carbonyl (C=O) groups excluding carboxylic acids is 1. The maximum absolute atomic E-state index is 12.5. The van der Waals surface area contributed by atoms with E-state index in [1.807, 2.05) is 0 Å². The Morgan fingerprint density at radius 2 is 1.92 bits per heavy atom. The van der Waals surface area contributed by atoms with E-state index in [2.05, 4.69) is 10.1 Å². The van der Waals surface area contributed by atoms with Crippen LogP contribution in [0, 0.1) is 10.1 Å². The minimum Gasteiger partial charge on any atom is -0.493 e. The molecule has 0 aliphatic rings. The molecule has 2 aromatic rings. The number of amides is 1. The Morgan fingerprint density at radius 1 is 1.19 bits per heavy atom. The summed E-state index contributed by atoms with van der Waals surface area (Å²) >= 11 is 0. The number of hydrogen-bond donors (Lipinski definition) is 1. The zero-order valence-corrected chi connectivity index (χ0v) is 13.9. The zero-order chi connectivity index (χ0) is 19.3. The molecule has 0 aliphatic heterocycles. The predicted octanol–water partition coefficient (Wildman–Crippen LogP) is 3.70. The molecule has 0 radical (unpaired) electrons. The molecule has 1 N–H and O–H groups in total. The van der Waals surface area contributed by atoms with Gasteiger partial charge < -0.3 is 14.8 Å². The summed E-state index contributed by atoms with van der Waals surface area (Å²) < 4.78 is 34.2. The molecule has 9 heteroatoms. The van der Waals surface area contributed by atoms with Gasteiger partial charge in [0.05, 0.1) is 18.1 Å². The second-order valence-electron chi connectivity index (χ2n) is 5.29. The van der Waals surface area contributed by atoms with E-state index in [1.165, 1.54) is 37.4 Å². The monoisotopic (exact) mass is 366 g/mol. The van der Waals surface area contributed by atoms with Gasteiger partial charge in [-0.15, -0.1) is 0 Å². The van der Waals surface area contributed by atoms with Crippen molar-refractivity contribution in [3.8, 4) is 11.5 Å². The van der Waals surface area contributed by atoms with Crippen LogP contribution < -0.4 is 14.8 Å². The largest absolute Gasteiger partial charge is 0.493 e. The van der Waals surface area contributed by atoms with Crippen LogP contribution in [0.15, 0.2) is 42.5 Å². The van der Waals surface area contributed by atoms with Gasteiger partial charge in [0.2, 0.25) is 0 Å². The highest BCUT2D eigenvalue weighted by Crippen LogP contribution is 2.29. The van der Waals surface area contributed by atoms with Gasteiger partial charge >= 0.3 is 6.61 Å². The first-order chi connectivity index (χ1) is 12.3. The van der Waals surface area contributed by atoms with Gasteiger partial charge in [0.25, 0.3) is 11.6 Å². The molecule has 7 nitrogen and oxygen atoms in total. The van der Waals surface area contributed by atoms with Crippen LogP contribution in [0.5, 0.6) is 11.5 Å². The van der Waals surface area contributed by atoms with Gasteiger partial charge in [0.15, 0.2) is 11.5 Å². The standard InChI is InChI=1S/C17H16F2N2O5/c1-10(11-4-3-5-13(8-11)21(23)24)20-16(22)12-6-7-14(25-2)15(9-12)26-17(18)19/h3-10,17H,1-2H3,(H,20,22). The fourth-order valence-electron chi connectivity index (χ4n) is 2.28. The summed E-state index contributed by atoms with van der Waals surface area (Å²) in [5, 5.41) is 13.5. The average molecular weight is 366 g/mol. The quantitative estimate of drug-likeness (QED) is 0.596. The zero-order valence-electron chi connectivity index (χ0n) is 13.9. The fourth-order valence-corrected chi connectivity index (χ4v) is 2.28. The highest BCUT2D eigenvalue weighted by molar-refractivity contribution is 5.95. The molecule has 1 amide bonds. The summed E-state index contributed by atoms with van der Waals surface area (Å²) in [6, 6.07) is 9.18. The molecule has 0 saturated heterocycles. The molecule has 26 heavy (non-hydrogen) atoms. The minimum absolute atomic E-state index is 0.0635. The van der Waals surface area contributed by atoms with E-state index >= 15 is 0 Å². The van der Waals surface area contributed by atoms with E-state index in [0.29, 0.717) is 5.56 Å². The third-order valence-electron chi connectivity index (χ3n) is 3.57. The third-order valence-corrected chi connectivity index (χ3v) is 3.57. The number of carbonyl (C=O) groups is 1. The van der Waals surface area contributed by atoms with Crippen LogP contribution in [-0.4, -0.2) is 24.6 Å². The number of alkyl halides is 2. The fraction of sp³-hybridized carbons (Fsp3) is 0.235. The van der Waals surface area contributed by atoms with Gasteiger partial charge in [-0.3, -0.25) is 14.9 Å². The molecule has 1 unspecified atom stereocenters. The van der Waals surface area contributed by atoms with Gasteiger partial charge in [-0.1, -0.05) is 12.1 Å². The van der Waals surface area contributed by atoms with E-state index < -0.39 is 23.5 Å². The lowest BCUT2D eigenvalue weighted by molar-refractivity contribution is -0.384. The number of nitrogens with zero attached hydrogens (tertiary/aromatic N) is 1. The van der Waals surface area contributed by atoms with Crippen molar-refractivity contribution >= 4 is 11.6 Å². The Kier molecular flexibility index (Phi) is 6.05. The summed E-state index contributed by atoms with van der Waals surface area (Å²) in [7, 11) is 1.29. The number of nitro benzene ring substituents is 1. The van der Waals surface area contributed by atoms with E-state index in [-0.39, 0.29) is 22.7 Å². The van der Waals surface area contributed by atoms with Crippen LogP contribution in [0.3, 0.4) is 0 Å². The van der Waals surface area contributed by atoms with Crippen molar-refractivity contribution in [1.29, 1.82) is 0 Å². The van der Waals surface area contributed by atoms with Crippen LogP contribution in [0.1, 0.15) is 28.9 Å². The van der Waals surface area contributed by atoms with E-state index in [0.717, 1.165) is 6.07 Å². The van der Waals surface area contributed by atoms with Gasteiger partial charge in [-0.05, 0) is 30.7 Å².